The molecule has 0 radical (unpaired) electrons. The van der Waals surface area contributed by atoms with Crippen molar-refractivity contribution in [1.29, 1.82) is 0 Å². The van der Waals surface area contributed by atoms with Gasteiger partial charge in [-0.2, -0.15) is 0 Å². The molecule has 0 aliphatic heterocycles. The lowest BCUT2D eigenvalue weighted by Gasteiger charge is -2.80. The Kier molecular flexibility index (Phi) is 4.85. The summed E-state index contributed by atoms with van der Waals surface area (Å²) in [6, 6.07) is 11.5. The van der Waals surface area contributed by atoms with E-state index in [4.69, 9.17) is 11.5 Å². The summed E-state index contributed by atoms with van der Waals surface area (Å²) in [6.45, 7) is 4.68. The molecule has 0 saturated heterocycles. The Morgan fingerprint density at radius 1 is 1.07 bits per heavy atom. The third kappa shape index (κ3) is 2.51. The molecule has 0 heterocycles. The Balaban J connectivity index is 0.000000236. The van der Waals surface area contributed by atoms with E-state index in [0.717, 1.165) is 36.5 Å². The van der Waals surface area contributed by atoms with Crippen LogP contribution >= 0.6 is 0 Å². The SMILES string of the molecule is CC(C)CC1C2CC3(C(N)=O)CC4(c5ccccc5)CC1C34C2.NC1CCCCC1. The predicted octanol–water partition coefficient (Wildman–Crippen LogP) is 5.17. The lowest BCUT2D eigenvalue weighted by atomic mass is 9.22. The maximum absolute atomic E-state index is 12.5. The van der Waals surface area contributed by atoms with Gasteiger partial charge in [-0.05, 0) is 79.6 Å². The summed E-state index contributed by atoms with van der Waals surface area (Å²) in [5.74, 6) is 3.07. The van der Waals surface area contributed by atoms with E-state index in [9.17, 15) is 4.79 Å². The third-order valence-electron chi connectivity index (χ3n) is 10.0. The topological polar surface area (TPSA) is 69.1 Å². The zero-order valence-corrected chi connectivity index (χ0v) is 18.9. The van der Waals surface area contributed by atoms with E-state index in [1.165, 1.54) is 56.9 Å². The van der Waals surface area contributed by atoms with E-state index in [0.29, 0.717) is 6.04 Å². The van der Waals surface area contributed by atoms with Crippen molar-refractivity contribution in [2.24, 2.45) is 46.0 Å². The van der Waals surface area contributed by atoms with Crippen LogP contribution in [0.4, 0.5) is 0 Å². The van der Waals surface area contributed by atoms with E-state index < -0.39 is 0 Å². The van der Waals surface area contributed by atoms with E-state index >= 15 is 0 Å². The quantitative estimate of drug-likeness (QED) is 0.721. The molecule has 3 heteroatoms. The van der Waals surface area contributed by atoms with Crippen LogP contribution in [0.5, 0.6) is 0 Å². The highest BCUT2D eigenvalue weighted by Gasteiger charge is 2.90. The minimum atomic E-state index is -0.177. The number of benzene rings is 1. The van der Waals surface area contributed by atoms with Crippen LogP contribution in [0.25, 0.3) is 0 Å². The van der Waals surface area contributed by atoms with Gasteiger partial charge in [0.15, 0.2) is 0 Å². The lowest BCUT2D eigenvalue weighted by molar-refractivity contribution is -0.270. The molecular weight excluding hydrogens is 368 g/mol. The average molecular weight is 409 g/mol. The highest BCUT2D eigenvalue weighted by molar-refractivity contribution is 5.86. The molecule has 5 fully saturated rings. The third-order valence-corrected chi connectivity index (χ3v) is 10.0. The highest BCUT2D eigenvalue weighted by atomic mass is 16.1. The van der Waals surface area contributed by atoms with Crippen LogP contribution in [-0.4, -0.2) is 11.9 Å². The number of carbonyl (C=O) groups is 1. The summed E-state index contributed by atoms with van der Waals surface area (Å²) in [4.78, 5) is 12.5. The minimum Gasteiger partial charge on any atom is -0.369 e. The van der Waals surface area contributed by atoms with Gasteiger partial charge in [-0.25, -0.2) is 0 Å². The number of carbonyl (C=O) groups excluding carboxylic acids is 1. The Labute approximate surface area is 182 Å². The first kappa shape index (κ1) is 20.5. The van der Waals surface area contributed by atoms with Crippen molar-refractivity contribution >= 4 is 5.91 Å². The van der Waals surface area contributed by atoms with Crippen molar-refractivity contribution in [3.8, 4) is 0 Å². The fourth-order valence-corrected chi connectivity index (χ4v) is 9.12. The largest absolute Gasteiger partial charge is 0.369 e. The van der Waals surface area contributed by atoms with E-state index in [1.54, 1.807) is 0 Å². The maximum atomic E-state index is 12.5. The molecule has 3 nitrogen and oxygen atoms in total. The summed E-state index contributed by atoms with van der Waals surface area (Å²) in [5.41, 5.74) is 13.4. The van der Waals surface area contributed by atoms with Gasteiger partial charge in [0.2, 0.25) is 5.91 Å². The molecule has 164 valence electrons. The molecule has 0 aromatic heterocycles. The molecule has 6 unspecified atom stereocenters. The maximum Gasteiger partial charge on any atom is 0.224 e. The monoisotopic (exact) mass is 408 g/mol. The van der Waals surface area contributed by atoms with Gasteiger partial charge in [0.1, 0.15) is 0 Å². The summed E-state index contributed by atoms with van der Waals surface area (Å²) in [6.07, 6.45) is 12.6. The van der Waals surface area contributed by atoms with Gasteiger partial charge in [0, 0.05) is 11.5 Å². The van der Waals surface area contributed by atoms with Crippen molar-refractivity contribution in [3.63, 3.8) is 0 Å². The van der Waals surface area contributed by atoms with E-state index in [1.807, 2.05) is 0 Å². The second kappa shape index (κ2) is 7.08. The summed E-state index contributed by atoms with van der Waals surface area (Å²) in [5, 5.41) is 0. The number of rotatable bonds is 4. The van der Waals surface area contributed by atoms with Gasteiger partial charge in [0.05, 0.1) is 5.41 Å². The molecule has 6 rings (SSSR count). The minimum absolute atomic E-state index is 0.000692. The molecule has 5 saturated carbocycles. The van der Waals surface area contributed by atoms with Crippen molar-refractivity contribution in [3.05, 3.63) is 35.9 Å². The predicted molar refractivity (Wildman–Crippen MR) is 122 cm³/mol. The molecule has 1 aromatic carbocycles. The number of fused-ring (bicyclic) bond motifs is 1. The molecule has 30 heavy (non-hydrogen) atoms. The number of hydrogen-bond acceptors (Lipinski definition) is 2. The second-order valence-electron chi connectivity index (χ2n) is 11.7. The van der Waals surface area contributed by atoms with E-state index in [-0.39, 0.29) is 22.2 Å². The molecule has 5 aliphatic carbocycles. The fourth-order valence-electron chi connectivity index (χ4n) is 9.12. The zero-order valence-electron chi connectivity index (χ0n) is 18.9. The van der Waals surface area contributed by atoms with Crippen molar-refractivity contribution in [2.45, 2.75) is 89.5 Å². The lowest BCUT2D eigenvalue weighted by Crippen LogP contribution is -2.80. The van der Waals surface area contributed by atoms with Crippen molar-refractivity contribution < 1.29 is 4.79 Å². The number of primary amides is 1. The summed E-state index contributed by atoms with van der Waals surface area (Å²) in [7, 11) is 0. The average Bonchev–Trinajstić information content (AvgIpc) is 3.19. The van der Waals surface area contributed by atoms with Crippen LogP contribution in [0.1, 0.15) is 83.6 Å². The highest BCUT2D eigenvalue weighted by Crippen LogP contribution is 2.92. The van der Waals surface area contributed by atoms with Gasteiger partial charge in [-0.1, -0.05) is 63.4 Å². The first-order chi connectivity index (χ1) is 14.4. The molecule has 1 spiro atoms. The number of hydrogen-bond donors (Lipinski definition) is 2. The van der Waals surface area contributed by atoms with Crippen LogP contribution in [0.3, 0.4) is 0 Å². The fraction of sp³-hybridized carbons (Fsp3) is 0.741. The van der Waals surface area contributed by atoms with Gasteiger partial charge in [-0.3, -0.25) is 4.79 Å². The van der Waals surface area contributed by atoms with Crippen molar-refractivity contribution in [2.75, 3.05) is 0 Å². The normalized spacial score (nSPS) is 43.3. The van der Waals surface area contributed by atoms with Crippen LogP contribution in [0.15, 0.2) is 30.3 Å². The molecule has 4 N–H and O–H groups in total. The Morgan fingerprint density at radius 3 is 2.33 bits per heavy atom. The Bertz CT molecular complexity index is 800. The molecular formula is C27H40N2O. The molecule has 1 amide bonds. The van der Waals surface area contributed by atoms with Crippen LogP contribution in [-0.2, 0) is 10.2 Å². The molecule has 5 aliphatic rings. The number of nitrogens with two attached hydrogens (primary N) is 2. The second-order valence-corrected chi connectivity index (χ2v) is 11.7. The number of amides is 1. The van der Waals surface area contributed by atoms with Crippen LogP contribution in [0.2, 0.25) is 0 Å². The summed E-state index contributed by atoms with van der Waals surface area (Å²) >= 11 is 0. The zero-order chi connectivity index (χ0) is 21.1. The standard InChI is InChI=1S/C21H27NO.C6H13N/c1-13(2)8-16-14-9-20(18(22)23)12-19(15-6-4-3-5-7-15)11-17(16)21(19,20)10-14;7-6-4-2-1-3-5-6/h3-7,13-14,16-17H,8-12H2,1-2H3,(H2,22,23);6H,1-5,7H2. The van der Waals surface area contributed by atoms with Crippen LogP contribution < -0.4 is 11.5 Å². The first-order valence-electron chi connectivity index (χ1n) is 12.5. The van der Waals surface area contributed by atoms with E-state index in [2.05, 4.69) is 44.2 Å². The Hall–Kier alpha value is -1.35. The Morgan fingerprint density at radius 2 is 1.77 bits per heavy atom. The smallest absolute Gasteiger partial charge is 0.224 e. The van der Waals surface area contributed by atoms with Crippen molar-refractivity contribution in [1.82, 2.24) is 0 Å². The molecule has 2 bridgehead atoms. The van der Waals surface area contributed by atoms with Gasteiger partial charge >= 0.3 is 0 Å². The van der Waals surface area contributed by atoms with Gasteiger partial charge in [0.25, 0.3) is 0 Å². The summed E-state index contributed by atoms with van der Waals surface area (Å²) < 4.78 is 0. The van der Waals surface area contributed by atoms with Crippen LogP contribution in [0, 0.1) is 34.5 Å². The first-order valence-corrected chi connectivity index (χ1v) is 12.5. The van der Waals surface area contributed by atoms with Gasteiger partial charge in [-0.15, -0.1) is 0 Å². The molecule has 6 atom stereocenters. The molecule has 1 aromatic rings. The van der Waals surface area contributed by atoms with Gasteiger partial charge < -0.3 is 11.5 Å².